The van der Waals surface area contributed by atoms with E-state index in [1.165, 1.54) is 13.2 Å². The van der Waals surface area contributed by atoms with Gasteiger partial charge in [-0.15, -0.1) is 0 Å². The van der Waals surface area contributed by atoms with E-state index >= 15 is 0 Å². The van der Waals surface area contributed by atoms with Gasteiger partial charge in [-0.2, -0.15) is 0 Å². The van der Waals surface area contributed by atoms with E-state index in [0.29, 0.717) is 28.8 Å². The zero-order valence-electron chi connectivity index (χ0n) is 13.9. The molecule has 0 fully saturated rings. The summed E-state index contributed by atoms with van der Waals surface area (Å²) in [6, 6.07) is 8.72. The first-order chi connectivity index (χ1) is 12.1. The maximum Gasteiger partial charge on any atom is 0.338 e. The fraction of sp³-hybridized carbons (Fsp3) is 0.222. The van der Waals surface area contributed by atoms with Crippen molar-refractivity contribution in [3.8, 4) is 11.5 Å². The molecular weight excluding hydrogens is 344 g/mol. The second-order valence-electron chi connectivity index (χ2n) is 5.20. The number of pyridine rings is 1. The predicted molar refractivity (Wildman–Crippen MR) is 93.5 cm³/mol. The first kappa shape index (κ1) is 17.1. The molecule has 6 nitrogen and oxygen atoms in total. The third kappa shape index (κ3) is 3.69. The number of hydrogen-bond acceptors (Lipinski definition) is 5. The standard InChI is InChI=1S/C18H17ClN2O4/c1-3-24-17-14(19)8-12(9-15(17)23-2)18(22)25-11-13-10-21-7-5-4-6-16(21)20-13/h4-10H,3,11H2,1-2H3. The Balaban J connectivity index is 1.75. The zero-order chi connectivity index (χ0) is 17.8. The molecule has 1 aromatic carbocycles. The van der Waals surface area contributed by atoms with Crippen molar-refractivity contribution in [3.63, 3.8) is 0 Å². The number of nitrogens with zero attached hydrogens (tertiary/aromatic N) is 2. The smallest absolute Gasteiger partial charge is 0.338 e. The van der Waals surface area contributed by atoms with Crippen LogP contribution in [0.3, 0.4) is 0 Å². The van der Waals surface area contributed by atoms with Gasteiger partial charge in [-0.05, 0) is 31.2 Å². The zero-order valence-corrected chi connectivity index (χ0v) is 14.6. The van der Waals surface area contributed by atoms with Gasteiger partial charge in [0.15, 0.2) is 11.5 Å². The van der Waals surface area contributed by atoms with Gasteiger partial charge in [0, 0.05) is 12.4 Å². The molecule has 25 heavy (non-hydrogen) atoms. The lowest BCUT2D eigenvalue weighted by atomic mass is 10.2. The molecule has 7 heteroatoms. The Morgan fingerprint density at radius 2 is 2.16 bits per heavy atom. The summed E-state index contributed by atoms with van der Waals surface area (Å²) in [4.78, 5) is 16.7. The van der Waals surface area contributed by atoms with Crippen molar-refractivity contribution in [1.29, 1.82) is 0 Å². The second-order valence-corrected chi connectivity index (χ2v) is 5.60. The molecule has 130 valence electrons. The summed E-state index contributed by atoms with van der Waals surface area (Å²) in [5, 5.41) is 0.292. The van der Waals surface area contributed by atoms with E-state index in [-0.39, 0.29) is 12.2 Å². The SMILES string of the molecule is CCOc1c(Cl)cc(C(=O)OCc2cn3ccccc3n2)cc1OC. The van der Waals surface area contributed by atoms with Crippen molar-refractivity contribution in [3.05, 3.63) is 59.0 Å². The summed E-state index contributed by atoms with van der Waals surface area (Å²) in [5.41, 5.74) is 1.73. The van der Waals surface area contributed by atoms with Crippen LogP contribution in [0, 0.1) is 0 Å². The quantitative estimate of drug-likeness (QED) is 0.626. The Labute approximate surface area is 149 Å². The van der Waals surface area contributed by atoms with Gasteiger partial charge >= 0.3 is 5.97 Å². The molecule has 0 amide bonds. The van der Waals surface area contributed by atoms with Crippen molar-refractivity contribution in [1.82, 2.24) is 9.38 Å². The number of ether oxygens (including phenoxy) is 3. The van der Waals surface area contributed by atoms with Crippen LogP contribution in [0.25, 0.3) is 5.65 Å². The van der Waals surface area contributed by atoms with E-state index in [0.717, 1.165) is 5.65 Å². The highest BCUT2D eigenvalue weighted by molar-refractivity contribution is 6.32. The highest BCUT2D eigenvalue weighted by Crippen LogP contribution is 2.36. The summed E-state index contributed by atoms with van der Waals surface area (Å²) >= 11 is 6.18. The average molecular weight is 361 g/mol. The lowest BCUT2D eigenvalue weighted by Crippen LogP contribution is -2.07. The normalized spacial score (nSPS) is 10.7. The van der Waals surface area contributed by atoms with Gasteiger partial charge in [-0.25, -0.2) is 9.78 Å². The molecule has 0 aliphatic rings. The van der Waals surface area contributed by atoms with Crippen LogP contribution in [-0.2, 0) is 11.3 Å². The molecule has 0 spiro atoms. The van der Waals surface area contributed by atoms with Crippen LogP contribution in [0.1, 0.15) is 23.0 Å². The minimum Gasteiger partial charge on any atom is -0.493 e. The molecule has 0 saturated heterocycles. The van der Waals surface area contributed by atoms with Crippen LogP contribution in [-0.4, -0.2) is 29.1 Å². The number of halogens is 1. The molecule has 0 aliphatic carbocycles. The van der Waals surface area contributed by atoms with Gasteiger partial charge in [0.05, 0.1) is 30.0 Å². The van der Waals surface area contributed by atoms with E-state index in [2.05, 4.69) is 4.98 Å². The highest BCUT2D eigenvalue weighted by Gasteiger charge is 2.17. The van der Waals surface area contributed by atoms with E-state index in [9.17, 15) is 4.79 Å². The number of methoxy groups -OCH3 is 1. The Morgan fingerprint density at radius 3 is 2.88 bits per heavy atom. The van der Waals surface area contributed by atoms with Gasteiger partial charge in [0.1, 0.15) is 12.3 Å². The van der Waals surface area contributed by atoms with Crippen molar-refractivity contribution in [2.45, 2.75) is 13.5 Å². The molecule has 2 heterocycles. The summed E-state index contributed by atoms with van der Waals surface area (Å²) < 4.78 is 17.9. The summed E-state index contributed by atoms with van der Waals surface area (Å²) in [6.07, 6.45) is 3.69. The van der Waals surface area contributed by atoms with Gasteiger partial charge in [0.2, 0.25) is 0 Å². The number of carbonyl (C=O) groups is 1. The van der Waals surface area contributed by atoms with Crippen molar-refractivity contribution < 1.29 is 19.0 Å². The van der Waals surface area contributed by atoms with Crippen LogP contribution >= 0.6 is 11.6 Å². The van der Waals surface area contributed by atoms with Crippen LogP contribution in [0.4, 0.5) is 0 Å². The number of esters is 1. The first-order valence-corrected chi connectivity index (χ1v) is 8.10. The average Bonchev–Trinajstić information content (AvgIpc) is 3.04. The van der Waals surface area contributed by atoms with Crippen LogP contribution in [0.5, 0.6) is 11.5 Å². The molecule has 0 aliphatic heterocycles. The molecule has 0 saturated carbocycles. The molecule has 0 atom stereocenters. The number of rotatable bonds is 6. The molecule has 0 N–H and O–H groups in total. The molecule has 0 bridgehead atoms. The number of hydrogen-bond donors (Lipinski definition) is 0. The Kier molecular flexibility index (Phi) is 5.09. The molecule has 2 aromatic heterocycles. The predicted octanol–water partition coefficient (Wildman–Crippen LogP) is 3.75. The molecule has 0 radical (unpaired) electrons. The van der Waals surface area contributed by atoms with Crippen molar-refractivity contribution in [2.24, 2.45) is 0 Å². The van der Waals surface area contributed by atoms with Gasteiger partial charge in [-0.3, -0.25) is 0 Å². The van der Waals surface area contributed by atoms with Crippen LogP contribution in [0.15, 0.2) is 42.7 Å². The fourth-order valence-electron chi connectivity index (χ4n) is 2.40. The van der Waals surface area contributed by atoms with Gasteiger partial charge in [0.25, 0.3) is 0 Å². The first-order valence-electron chi connectivity index (χ1n) is 7.72. The molecular formula is C18H17ClN2O4. The van der Waals surface area contributed by atoms with E-state index in [1.807, 2.05) is 41.9 Å². The number of fused-ring (bicyclic) bond motifs is 1. The van der Waals surface area contributed by atoms with Crippen LogP contribution < -0.4 is 9.47 Å². The second kappa shape index (κ2) is 7.44. The molecule has 0 unspecified atom stereocenters. The highest BCUT2D eigenvalue weighted by atomic mass is 35.5. The van der Waals surface area contributed by atoms with Crippen LogP contribution in [0.2, 0.25) is 5.02 Å². The Morgan fingerprint density at radius 1 is 1.32 bits per heavy atom. The topological polar surface area (TPSA) is 62.1 Å². The molecule has 3 aromatic rings. The fourth-order valence-corrected chi connectivity index (χ4v) is 2.67. The number of imidazole rings is 1. The largest absolute Gasteiger partial charge is 0.493 e. The number of aromatic nitrogens is 2. The molecule has 3 rings (SSSR count). The van der Waals surface area contributed by atoms with E-state index in [4.69, 9.17) is 25.8 Å². The summed E-state index contributed by atoms with van der Waals surface area (Å²) in [5.74, 6) is 0.276. The minimum atomic E-state index is -0.514. The lowest BCUT2D eigenvalue weighted by Gasteiger charge is -2.12. The number of carbonyl (C=O) groups excluding carboxylic acids is 1. The van der Waals surface area contributed by atoms with Crippen molar-refractivity contribution >= 4 is 23.2 Å². The Bertz CT molecular complexity index is 874. The van der Waals surface area contributed by atoms with Crippen molar-refractivity contribution in [2.75, 3.05) is 13.7 Å². The maximum atomic E-state index is 12.3. The lowest BCUT2D eigenvalue weighted by molar-refractivity contribution is 0.0468. The summed E-state index contributed by atoms with van der Waals surface area (Å²) in [6.45, 7) is 2.34. The monoisotopic (exact) mass is 360 g/mol. The third-order valence-corrected chi connectivity index (χ3v) is 3.80. The van der Waals surface area contributed by atoms with E-state index in [1.54, 1.807) is 6.07 Å². The van der Waals surface area contributed by atoms with Gasteiger partial charge < -0.3 is 18.6 Å². The minimum absolute atomic E-state index is 0.0632. The van der Waals surface area contributed by atoms with Gasteiger partial charge in [-0.1, -0.05) is 17.7 Å². The Hall–Kier alpha value is -2.73. The maximum absolute atomic E-state index is 12.3. The third-order valence-electron chi connectivity index (χ3n) is 3.52. The summed E-state index contributed by atoms with van der Waals surface area (Å²) in [7, 11) is 1.49. The van der Waals surface area contributed by atoms with E-state index < -0.39 is 5.97 Å². The number of benzene rings is 1.